The van der Waals surface area contributed by atoms with E-state index in [4.69, 9.17) is 15.2 Å². The summed E-state index contributed by atoms with van der Waals surface area (Å²) in [5.74, 6) is 0. The van der Waals surface area contributed by atoms with Crippen molar-refractivity contribution in [3.05, 3.63) is 0 Å². The maximum Gasteiger partial charge on any atom is 0.0785 e. The van der Waals surface area contributed by atoms with Crippen LogP contribution < -0.4 is 5.73 Å². The van der Waals surface area contributed by atoms with Crippen molar-refractivity contribution in [2.75, 3.05) is 13.2 Å². The topological polar surface area (TPSA) is 44.5 Å². The van der Waals surface area contributed by atoms with Gasteiger partial charge in [0, 0.05) is 6.61 Å². The highest BCUT2D eigenvalue weighted by atomic mass is 31.0. The van der Waals surface area contributed by atoms with Crippen molar-refractivity contribution >= 4 is 9.24 Å². The smallest absolute Gasteiger partial charge is 0.0785 e. The van der Waals surface area contributed by atoms with Crippen molar-refractivity contribution in [3.8, 4) is 0 Å². The first-order chi connectivity index (χ1) is 11.7. The van der Waals surface area contributed by atoms with E-state index in [9.17, 15) is 0 Å². The molecule has 26 heavy (non-hydrogen) atoms. The third-order valence-electron chi connectivity index (χ3n) is 4.76. The molecule has 0 amide bonds. The Balaban J connectivity index is 4.09. The Morgan fingerprint density at radius 2 is 1.23 bits per heavy atom. The van der Waals surface area contributed by atoms with Crippen molar-refractivity contribution in [1.82, 2.24) is 0 Å². The molecule has 0 heterocycles. The minimum atomic E-state index is -0.115. The van der Waals surface area contributed by atoms with E-state index < -0.39 is 0 Å². The monoisotopic (exact) mass is 389 g/mol. The molecular formula is C22H48NO2P. The average Bonchev–Trinajstić information content (AvgIpc) is 2.43. The molecule has 0 saturated heterocycles. The molecule has 0 spiro atoms. The zero-order valence-electron chi connectivity index (χ0n) is 19.0. The first-order valence-electron chi connectivity index (χ1n) is 10.5. The molecule has 0 aromatic carbocycles. The van der Waals surface area contributed by atoms with Gasteiger partial charge in [-0.3, -0.25) is 0 Å². The predicted molar refractivity (Wildman–Crippen MR) is 119 cm³/mol. The first kappa shape index (κ1) is 26.3. The van der Waals surface area contributed by atoms with Gasteiger partial charge < -0.3 is 15.2 Å². The summed E-state index contributed by atoms with van der Waals surface area (Å²) in [5, 5.41) is -0.115. The highest BCUT2D eigenvalue weighted by Gasteiger charge is 2.30. The lowest BCUT2D eigenvalue weighted by Crippen LogP contribution is -2.37. The van der Waals surface area contributed by atoms with Crippen LogP contribution in [0.2, 0.25) is 0 Å². The molecule has 158 valence electrons. The van der Waals surface area contributed by atoms with Gasteiger partial charge in [0.05, 0.1) is 16.5 Å². The molecule has 0 fully saturated rings. The van der Waals surface area contributed by atoms with Crippen LogP contribution in [0.4, 0.5) is 0 Å². The Kier molecular flexibility index (Phi) is 11.5. The number of rotatable bonds is 14. The number of nitrogens with two attached hydrogens (primary N) is 1. The lowest BCUT2D eigenvalue weighted by molar-refractivity contribution is -0.133. The van der Waals surface area contributed by atoms with E-state index >= 15 is 0 Å². The molecule has 0 rings (SSSR count). The standard InChI is InChI=1S/C22H48NO2P/c1-19(2,3)15-16-21(6,7)25-20(4,5)13-10-12-18-24-22(8,26)14-9-11-17-23/h9-18,23,26H2,1-8H3. The molecule has 0 saturated carbocycles. The van der Waals surface area contributed by atoms with E-state index in [0.29, 0.717) is 5.41 Å². The van der Waals surface area contributed by atoms with Crippen LogP contribution in [-0.2, 0) is 9.47 Å². The molecule has 3 nitrogen and oxygen atoms in total. The van der Waals surface area contributed by atoms with E-state index in [1.165, 1.54) is 6.42 Å². The van der Waals surface area contributed by atoms with Crippen LogP contribution in [0.5, 0.6) is 0 Å². The van der Waals surface area contributed by atoms with Crippen molar-refractivity contribution in [1.29, 1.82) is 0 Å². The van der Waals surface area contributed by atoms with Crippen LogP contribution in [0.3, 0.4) is 0 Å². The lowest BCUT2D eigenvalue weighted by atomic mass is 9.85. The van der Waals surface area contributed by atoms with E-state index in [1.807, 2.05) is 0 Å². The summed E-state index contributed by atoms with van der Waals surface area (Å²) in [7, 11) is 2.86. The van der Waals surface area contributed by atoms with Gasteiger partial charge in [0.25, 0.3) is 0 Å². The number of hydrogen-bond donors (Lipinski definition) is 1. The van der Waals surface area contributed by atoms with Crippen molar-refractivity contribution in [2.45, 2.75) is 123 Å². The Morgan fingerprint density at radius 1 is 0.692 bits per heavy atom. The van der Waals surface area contributed by atoms with Gasteiger partial charge in [-0.05, 0) is 97.9 Å². The van der Waals surface area contributed by atoms with Gasteiger partial charge in [0.15, 0.2) is 0 Å². The fourth-order valence-corrected chi connectivity index (χ4v) is 3.50. The van der Waals surface area contributed by atoms with Crippen LogP contribution >= 0.6 is 9.24 Å². The van der Waals surface area contributed by atoms with Gasteiger partial charge in [0.1, 0.15) is 0 Å². The fraction of sp³-hybridized carbons (Fsp3) is 1.00. The quantitative estimate of drug-likeness (QED) is 0.280. The second kappa shape index (κ2) is 11.3. The van der Waals surface area contributed by atoms with Gasteiger partial charge in [0.2, 0.25) is 0 Å². The fourth-order valence-electron chi connectivity index (χ4n) is 3.18. The molecule has 0 aliphatic carbocycles. The Labute approximate surface area is 166 Å². The SMILES string of the molecule is CC(C)(C)CCC(C)(C)OC(C)(C)CCCCOC(C)(P)CCCCN. The summed E-state index contributed by atoms with van der Waals surface area (Å²) >= 11 is 0. The molecule has 0 aliphatic heterocycles. The lowest BCUT2D eigenvalue weighted by Gasteiger charge is -2.38. The zero-order chi connectivity index (χ0) is 20.5. The van der Waals surface area contributed by atoms with Crippen LogP contribution in [0.15, 0.2) is 0 Å². The van der Waals surface area contributed by atoms with Crippen molar-refractivity contribution in [3.63, 3.8) is 0 Å². The van der Waals surface area contributed by atoms with Gasteiger partial charge in [-0.15, -0.1) is 9.24 Å². The number of ether oxygens (including phenoxy) is 2. The van der Waals surface area contributed by atoms with Gasteiger partial charge in [-0.2, -0.15) is 0 Å². The van der Waals surface area contributed by atoms with Crippen molar-refractivity contribution in [2.24, 2.45) is 11.1 Å². The minimum absolute atomic E-state index is 0.0745. The maximum atomic E-state index is 6.48. The highest BCUT2D eigenvalue weighted by molar-refractivity contribution is 7.18. The molecule has 0 radical (unpaired) electrons. The molecule has 4 heteroatoms. The van der Waals surface area contributed by atoms with Crippen LogP contribution in [0.1, 0.15) is 107 Å². The van der Waals surface area contributed by atoms with Gasteiger partial charge >= 0.3 is 0 Å². The average molecular weight is 390 g/mol. The third-order valence-corrected chi connectivity index (χ3v) is 5.22. The maximum absolute atomic E-state index is 6.48. The second-order valence-electron chi connectivity index (χ2n) is 10.5. The first-order valence-corrected chi connectivity index (χ1v) is 11.1. The van der Waals surface area contributed by atoms with Crippen LogP contribution in [0.25, 0.3) is 0 Å². The molecule has 2 atom stereocenters. The third kappa shape index (κ3) is 15.4. The summed E-state index contributed by atoms with van der Waals surface area (Å²) in [5.41, 5.74) is 5.76. The second-order valence-corrected chi connectivity index (χ2v) is 11.8. The predicted octanol–water partition coefficient (Wildman–Crippen LogP) is 6.29. The number of unbranched alkanes of at least 4 members (excludes halogenated alkanes) is 2. The van der Waals surface area contributed by atoms with E-state index in [-0.39, 0.29) is 16.5 Å². The van der Waals surface area contributed by atoms with Crippen LogP contribution in [-0.4, -0.2) is 29.7 Å². The Bertz CT molecular complexity index is 373. The highest BCUT2D eigenvalue weighted by Crippen LogP contribution is 2.32. The zero-order valence-corrected chi connectivity index (χ0v) is 20.2. The molecule has 2 unspecified atom stereocenters. The summed E-state index contributed by atoms with van der Waals surface area (Å²) in [6.07, 6.45) is 8.80. The molecule has 0 bridgehead atoms. The molecule has 0 aromatic rings. The number of hydrogen-bond acceptors (Lipinski definition) is 3. The van der Waals surface area contributed by atoms with Crippen LogP contribution in [0, 0.1) is 5.41 Å². The van der Waals surface area contributed by atoms with Gasteiger partial charge in [-0.1, -0.05) is 20.8 Å². The van der Waals surface area contributed by atoms with Gasteiger partial charge in [-0.25, -0.2) is 0 Å². The summed E-state index contributed by atoms with van der Waals surface area (Å²) in [6.45, 7) is 19.5. The Hall–Kier alpha value is 0.310. The normalized spacial score (nSPS) is 15.9. The van der Waals surface area contributed by atoms with E-state index in [0.717, 1.165) is 58.1 Å². The Morgan fingerprint density at radius 3 is 1.77 bits per heavy atom. The van der Waals surface area contributed by atoms with E-state index in [1.54, 1.807) is 0 Å². The minimum Gasteiger partial charge on any atom is -0.371 e. The summed E-state index contributed by atoms with van der Waals surface area (Å²) in [6, 6.07) is 0. The summed E-state index contributed by atoms with van der Waals surface area (Å²) < 4.78 is 12.5. The molecule has 2 N–H and O–H groups in total. The molecule has 0 aromatic heterocycles. The van der Waals surface area contributed by atoms with Crippen molar-refractivity contribution < 1.29 is 9.47 Å². The summed E-state index contributed by atoms with van der Waals surface area (Å²) in [4.78, 5) is 0. The molecule has 0 aliphatic rings. The largest absolute Gasteiger partial charge is 0.371 e. The molecular weight excluding hydrogens is 341 g/mol. The van der Waals surface area contributed by atoms with E-state index in [2.05, 4.69) is 64.6 Å².